The summed E-state index contributed by atoms with van der Waals surface area (Å²) in [5, 5.41) is 12.9. The molecule has 3 aromatic rings. The third-order valence-electron chi connectivity index (χ3n) is 7.75. The molecule has 2 aliphatic rings. The number of benzene rings is 1. The zero-order valence-corrected chi connectivity index (χ0v) is 21.8. The predicted molar refractivity (Wildman–Crippen MR) is 140 cm³/mol. The van der Waals surface area contributed by atoms with E-state index in [1.807, 2.05) is 37.8 Å². The van der Waals surface area contributed by atoms with Gasteiger partial charge in [0.1, 0.15) is 5.58 Å². The lowest BCUT2D eigenvalue weighted by molar-refractivity contribution is 0.0764. The van der Waals surface area contributed by atoms with E-state index in [9.17, 15) is 4.79 Å². The minimum atomic E-state index is -0.275. The number of carbonyl (C=O) groups excluding carboxylic acids is 1. The number of nitrogens with zero attached hydrogens (tertiary/aromatic N) is 3. The lowest BCUT2D eigenvalue weighted by atomic mass is 9.74. The highest BCUT2D eigenvalue weighted by Gasteiger charge is 2.42. The second-order valence-electron chi connectivity index (χ2n) is 10.1. The van der Waals surface area contributed by atoms with Gasteiger partial charge in [-0.2, -0.15) is 5.10 Å². The van der Waals surface area contributed by atoms with E-state index in [1.54, 1.807) is 4.90 Å². The Balaban J connectivity index is 1.41. The summed E-state index contributed by atoms with van der Waals surface area (Å²) in [5.41, 5.74) is 5.82. The molecule has 3 heterocycles. The van der Waals surface area contributed by atoms with Crippen LogP contribution in [0, 0.1) is 13.8 Å². The fraction of sp³-hybridized carbons (Fsp3) is 0.481. The van der Waals surface area contributed by atoms with Crippen LogP contribution in [0.4, 0.5) is 5.69 Å². The average molecular weight is 496 g/mol. The van der Waals surface area contributed by atoms with Crippen LogP contribution in [0.3, 0.4) is 0 Å². The van der Waals surface area contributed by atoms with E-state index < -0.39 is 0 Å². The molecule has 2 N–H and O–H groups in total. The molecule has 35 heavy (non-hydrogen) atoms. The topological polar surface area (TPSA) is 75.3 Å². The number of anilines is 1. The first-order chi connectivity index (χ1) is 16.7. The Labute approximate surface area is 211 Å². The monoisotopic (exact) mass is 495 g/mol. The maximum atomic E-state index is 13.3. The molecule has 1 fully saturated rings. The summed E-state index contributed by atoms with van der Waals surface area (Å²) in [6.07, 6.45) is 7.16. The largest absolute Gasteiger partial charge is 0.450 e. The number of aryl methyl sites for hydroxylation is 2. The highest BCUT2D eigenvalue weighted by molar-refractivity contribution is 6.34. The van der Waals surface area contributed by atoms with Gasteiger partial charge in [0.05, 0.1) is 27.8 Å². The molecule has 5 rings (SSSR count). The lowest BCUT2D eigenvalue weighted by Crippen LogP contribution is -2.48. The van der Waals surface area contributed by atoms with Gasteiger partial charge in [-0.05, 0) is 57.2 Å². The van der Waals surface area contributed by atoms with Crippen LogP contribution >= 0.6 is 11.6 Å². The molecule has 1 aliphatic heterocycles. The van der Waals surface area contributed by atoms with Crippen molar-refractivity contribution in [3.63, 3.8) is 0 Å². The molecule has 2 aromatic heterocycles. The van der Waals surface area contributed by atoms with Gasteiger partial charge in [0.2, 0.25) is 0 Å². The number of hydrogen-bond donors (Lipinski definition) is 2. The molecule has 1 spiro atoms. The van der Waals surface area contributed by atoms with Crippen LogP contribution < -0.4 is 10.6 Å². The molecular weight excluding hydrogens is 462 g/mol. The predicted octanol–water partition coefficient (Wildman–Crippen LogP) is 5.79. The van der Waals surface area contributed by atoms with Crippen molar-refractivity contribution >= 4 is 34.2 Å². The van der Waals surface area contributed by atoms with E-state index in [0.717, 1.165) is 72.3 Å². The highest BCUT2D eigenvalue weighted by atomic mass is 35.5. The van der Waals surface area contributed by atoms with E-state index in [0.29, 0.717) is 17.3 Å². The van der Waals surface area contributed by atoms with Crippen molar-refractivity contribution in [1.82, 2.24) is 20.0 Å². The van der Waals surface area contributed by atoms with Crippen LogP contribution in [0.25, 0.3) is 11.0 Å². The number of furan rings is 1. The van der Waals surface area contributed by atoms with Gasteiger partial charge < -0.3 is 20.0 Å². The Morgan fingerprint density at radius 3 is 2.71 bits per heavy atom. The molecule has 1 saturated carbocycles. The van der Waals surface area contributed by atoms with Crippen molar-refractivity contribution < 1.29 is 9.21 Å². The number of rotatable bonds is 5. The molecule has 0 saturated heterocycles. The summed E-state index contributed by atoms with van der Waals surface area (Å²) in [7, 11) is 3.79. The van der Waals surface area contributed by atoms with Gasteiger partial charge >= 0.3 is 0 Å². The molecule has 1 aromatic carbocycles. The van der Waals surface area contributed by atoms with Gasteiger partial charge in [-0.15, -0.1) is 0 Å². The maximum Gasteiger partial charge on any atom is 0.289 e. The normalized spacial score (nSPS) is 16.8. The number of aromatic nitrogens is 2. The SMILES string of the molecule is C=C1Nc2c(Cl)cc3cc(C(=O)N(C)CCCc4c(C)nn(C)c4C)oc3c2C2(CCCCC2)N1. The molecule has 1 amide bonds. The first-order valence-electron chi connectivity index (χ1n) is 12.5. The van der Waals surface area contributed by atoms with E-state index in [2.05, 4.69) is 29.2 Å². The molecule has 0 unspecified atom stereocenters. The van der Waals surface area contributed by atoms with E-state index in [-0.39, 0.29) is 11.4 Å². The Morgan fingerprint density at radius 1 is 1.29 bits per heavy atom. The van der Waals surface area contributed by atoms with Crippen LogP contribution in [0.1, 0.15) is 71.6 Å². The summed E-state index contributed by atoms with van der Waals surface area (Å²) in [4.78, 5) is 15.0. The quantitative estimate of drug-likeness (QED) is 0.468. The zero-order chi connectivity index (χ0) is 24.9. The summed E-state index contributed by atoms with van der Waals surface area (Å²) >= 11 is 6.72. The van der Waals surface area contributed by atoms with E-state index in [1.165, 1.54) is 17.7 Å². The third-order valence-corrected chi connectivity index (χ3v) is 8.05. The summed E-state index contributed by atoms with van der Waals surface area (Å²) < 4.78 is 8.22. The Morgan fingerprint density at radius 2 is 2.03 bits per heavy atom. The highest BCUT2D eigenvalue weighted by Crippen LogP contribution is 2.49. The minimum Gasteiger partial charge on any atom is -0.450 e. The van der Waals surface area contributed by atoms with Gasteiger partial charge in [0.25, 0.3) is 5.91 Å². The number of fused-ring (bicyclic) bond motifs is 4. The van der Waals surface area contributed by atoms with Crippen molar-refractivity contribution in [2.75, 3.05) is 18.9 Å². The number of nitrogens with one attached hydrogen (secondary N) is 2. The summed E-state index contributed by atoms with van der Waals surface area (Å²) in [5.74, 6) is 0.975. The van der Waals surface area contributed by atoms with Gasteiger partial charge in [-0.1, -0.05) is 37.4 Å². The smallest absolute Gasteiger partial charge is 0.289 e. The standard InChI is InChI=1S/C27H34ClN5O2/c1-16-20(17(2)33(5)31-16)10-9-13-32(4)26(34)22-15-19-14-21(28)24-23(25(19)35-22)27(30-18(3)29-24)11-7-6-8-12-27/h14-15,29-30H,3,6-13H2,1-2,4-5H3. The van der Waals surface area contributed by atoms with Gasteiger partial charge in [-0.3, -0.25) is 9.48 Å². The minimum absolute atomic E-state index is 0.121. The number of hydrogen-bond acceptors (Lipinski definition) is 5. The van der Waals surface area contributed by atoms with Crippen molar-refractivity contribution in [1.29, 1.82) is 0 Å². The number of halogens is 1. The van der Waals surface area contributed by atoms with Crippen molar-refractivity contribution in [2.45, 2.75) is 64.3 Å². The van der Waals surface area contributed by atoms with Crippen LogP contribution in [0.5, 0.6) is 0 Å². The van der Waals surface area contributed by atoms with Crippen molar-refractivity contribution in [2.24, 2.45) is 7.05 Å². The summed E-state index contributed by atoms with van der Waals surface area (Å²) in [6, 6.07) is 3.71. The summed E-state index contributed by atoms with van der Waals surface area (Å²) in [6.45, 7) is 8.88. The van der Waals surface area contributed by atoms with Crippen LogP contribution in [-0.4, -0.2) is 34.2 Å². The third kappa shape index (κ3) is 4.10. The zero-order valence-electron chi connectivity index (χ0n) is 21.1. The number of carbonyl (C=O) groups is 1. The molecule has 1 aliphatic carbocycles. The average Bonchev–Trinajstić information content (AvgIpc) is 3.34. The van der Waals surface area contributed by atoms with Crippen molar-refractivity contribution in [3.8, 4) is 0 Å². The molecule has 0 atom stereocenters. The maximum absolute atomic E-state index is 13.3. The second-order valence-corrected chi connectivity index (χ2v) is 10.5. The fourth-order valence-corrected chi connectivity index (χ4v) is 6.12. The van der Waals surface area contributed by atoms with Crippen LogP contribution in [0.2, 0.25) is 5.02 Å². The van der Waals surface area contributed by atoms with Gasteiger partial charge in [0, 0.05) is 37.3 Å². The first kappa shape index (κ1) is 23.8. The molecule has 186 valence electrons. The van der Waals surface area contributed by atoms with Crippen LogP contribution in [0.15, 0.2) is 28.9 Å². The lowest BCUT2D eigenvalue weighted by Gasteiger charge is -2.44. The molecule has 0 radical (unpaired) electrons. The van der Waals surface area contributed by atoms with Crippen LogP contribution in [-0.2, 0) is 19.0 Å². The molecule has 8 heteroatoms. The van der Waals surface area contributed by atoms with Gasteiger partial charge in [-0.25, -0.2) is 0 Å². The van der Waals surface area contributed by atoms with Crippen molar-refractivity contribution in [3.05, 3.63) is 57.8 Å². The Hall–Kier alpha value is -2.93. The molecule has 0 bridgehead atoms. The van der Waals surface area contributed by atoms with E-state index >= 15 is 0 Å². The first-order valence-corrected chi connectivity index (χ1v) is 12.8. The van der Waals surface area contributed by atoms with E-state index in [4.69, 9.17) is 16.0 Å². The van der Waals surface area contributed by atoms with Gasteiger partial charge in [0.15, 0.2) is 5.76 Å². The Bertz CT molecular complexity index is 1320. The second kappa shape index (κ2) is 8.94. The fourth-order valence-electron chi connectivity index (χ4n) is 5.86. The molecule has 7 nitrogen and oxygen atoms in total. The molecular formula is C27H34ClN5O2. The Kier molecular flexibility index (Phi) is 6.08. The number of amides is 1.